The molecule has 1 aliphatic carbocycles. The zero-order chi connectivity index (χ0) is 12.6. The zero-order valence-corrected chi connectivity index (χ0v) is 10.5. The summed E-state index contributed by atoms with van der Waals surface area (Å²) < 4.78 is 5.30. The Morgan fingerprint density at radius 2 is 2.12 bits per heavy atom. The van der Waals surface area contributed by atoms with Crippen molar-refractivity contribution in [3.63, 3.8) is 0 Å². The second-order valence-corrected chi connectivity index (χ2v) is 5.55. The van der Waals surface area contributed by atoms with Crippen LogP contribution in [0.3, 0.4) is 0 Å². The fraction of sp³-hybridized carbons (Fsp3) is 0.500. The first-order valence-electron chi connectivity index (χ1n) is 5.91. The van der Waals surface area contributed by atoms with Crippen LogP contribution in [0.15, 0.2) is 18.2 Å². The molecule has 0 amide bonds. The van der Waals surface area contributed by atoms with Crippen molar-refractivity contribution < 1.29 is 14.6 Å². The lowest BCUT2D eigenvalue weighted by atomic mass is 9.97. The quantitative estimate of drug-likeness (QED) is 0.600. The molecule has 3 nitrogen and oxygen atoms in total. The highest BCUT2D eigenvalue weighted by Gasteiger charge is 2.25. The van der Waals surface area contributed by atoms with E-state index in [1.807, 2.05) is 26.8 Å². The summed E-state index contributed by atoms with van der Waals surface area (Å²) in [7, 11) is 0. The van der Waals surface area contributed by atoms with Gasteiger partial charge in [0, 0.05) is 0 Å². The maximum Gasteiger partial charge on any atom is 0.316 e. The van der Waals surface area contributed by atoms with Crippen LogP contribution in [-0.2, 0) is 11.2 Å². The van der Waals surface area contributed by atoms with Crippen LogP contribution < -0.4 is 4.74 Å². The van der Waals surface area contributed by atoms with Gasteiger partial charge in [0.25, 0.3) is 0 Å². The molecule has 2 rings (SSSR count). The van der Waals surface area contributed by atoms with Gasteiger partial charge in [-0.05, 0) is 56.9 Å². The molecule has 1 N–H and O–H groups in total. The molecule has 0 fully saturated rings. The number of fused-ring (bicyclic) bond motifs is 1. The molecule has 0 saturated carbocycles. The molecule has 0 aliphatic heterocycles. The van der Waals surface area contributed by atoms with Crippen LogP contribution in [-0.4, -0.2) is 11.1 Å². The molecule has 0 heterocycles. The highest BCUT2D eigenvalue weighted by molar-refractivity contribution is 5.77. The van der Waals surface area contributed by atoms with E-state index in [-0.39, 0.29) is 5.97 Å². The topological polar surface area (TPSA) is 46.5 Å². The molecule has 0 saturated heterocycles. The Morgan fingerprint density at radius 3 is 2.76 bits per heavy atom. The minimum Gasteiger partial charge on any atom is -0.426 e. The maximum atomic E-state index is 11.7. The zero-order valence-electron chi connectivity index (χ0n) is 10.5. The molecule has 17 heavy (non-hydrogen) atoms. The summed E-state index contributed by atoms with van der Waals surface area (Å²) in [5, 5.41) is 9.76. The Bertz CT molecular complexity index is 443. The number of hydrogen-bond donors (Lipinski definition) is 1. The normalized spacial score (nSPS) is 18.9. The molecule has 0 bridgehead atoms. The van der Waals surface area contributed by atoms with Crippen LogP contribution in [0.5, 0.6) is 5.75 Å². The van der Waals surface area contributed by atoms with E-state index in [0.29, 0.717) is 5.75 Å². The lowest BCUT2D eigenvalue weighted by molar-refractivity contribution is -0.143. The van der Waals surface area contributed by atoms with Crippen molar-refractivity contribution in [2.24, 2.45) is 5.41 Å². The van der Waals surface area contributed by atoms with Gasteiger partial charge >= 0.3 is 5.97 Å². The average molecular weight is 234 g/mol. The van der Waals surface area contributed by atoms with Crippen LogP contribution in [0.1, 0.15) is 44.4 Å². The van der Waals surface area contributed by atoms with Crippen molar-refractivity contribution >= 4 is 5.97 Å². The van der Waals surface area contributed by atoms with E-state index >= 15 is 0 Å². The molecule has 0 radical (unpaired) electrons. The molecular weight excluding hydrogens is 216 g/mol. The Labute approximate surface area is 101 Å². The van der Waals surface area contributed by atoms with Gasteiger partial charge in [0.05, 0.1) is 11.5 Å². The van der Waals surface area contributed by atoms with Crippen molar-refractivity contribution in [2.75, 3.05) is 0 Å². The minimum atomic E-state index is -0.516. The van der Waals surface area contributed by atoms with E-state index in [1.165, 1.54) is 0 Å². The number of aliphatic hydroxyl groups excluding tert-OH is 1. The van der Waals surface area contributed by atoms with Crippen LogP contribution in [0.2, 0.25) is 0 Å². The molecule has 1 aromatic carbocycles. The Hall–Kier alpha value is -1.35. The molecule has 1 atom stereocenters. The number of carbonyl (C=O) groups excluding carboxylic acids is 1. The number of hydrogen-bond acceptors (Lipinski definition) is 3. The first-order valence-corrected chi connectivity index (χ1v) is 5.91. The van der Waals surface area contributed by atoms with E-state index < -0.39 is 11.5 Å². The highest BCUT2D eigenvalue weighted by atomic mass is 16.5. The first kappa shape index (κ1) is 12.1. The average Bonchev–Trinajstić information content (AvgIpc) is 2.59. The Morgan fingerprint density at radius 1 is 1.41 bits per heavy atom. The summed E-state index contributed by atoms with van der Waals surface area (Å²) >= 11 is 0. The van der Waals surface area contributed by atoms with Gasteiger partial charge in [-0.15, -0.1) is 0 Å². The summed E-state index contributed by atoms with van der Waals surface area (Å²) in [6, 6.07) is 5.49. The molecule has 1 aromatic rings. The largest absolute Gasteiger partial charge is 0.426 e. The number of carbonyl (C=O) groups is 1. The second kappa shape index (κ2) is 4.15. The van der Waals surface area contributed by atoms with Crippen LogP contribution in [0.4, 0.5) is 0 Å². The smallest absolute Gasteiger partial charge is 0.316 e. The second-order valence-electron chi connectivity index (χ2n) is 5.55. The maximum absolute atomic E-state index is 11.7. The Kier molecular flexibility index (Phi) is 2.96. The van der Waals surface area contributed by atoms with Gasteiger partial charge in [-0.2, -0.15) is 0 Å². The number of rotatable bonds is 1. The third-order valence-corrected chi connectivity index (χ3v) is 2.99. The minimum absolute atomic E-state index is 0.259. The first-order chi connectivity index (χ1) is 7.88. The number of benzene rings is 1. The van der Waals surface area contributed by atoms with Crippen molar-refractivity contribution in [1.82, 2.24) is 0 Å². The van der Waals surface area contributed by atoms with E-state index in [2.05, 4.69) is 0 Å². The summed E-state index contributed by atoms with van der Waals surface area (Å²) in [4.78, 5) is 11.7. The predicted molar refractivity (Wildman–Crippen MR) is 64.8 cm³/mol. The molecule has 1 unspecified atom stereocenters. The number of esters is 1. The number of aryl methyl sites for hydroxylation is 1. The monoisotopic (exact) mass is 234 g/mol. The molecule has 1 aliphatic rings. The van der Waals surface area contributed by atoms with Gasteiger partial charge in [-0.25, -0.2) is 0 Å². The van der Waals surface area contributed by atoms with E-state index in [4.69, 9.17) is 4.74 Å². The van der Waals surface area contributed by atoms with Gasteiger partial charge in [0.2, 0.25) is 0 Å². The fourth-order valence-electron chi connectivity index (χ4n) is 1.88. The van der Waals surface area contributed by atoms with E-state index in [1.54, 1.807) is 12.1 Å². The molecule has 3 heteroatoms. The van der Waals surface area contributed by atoms with Crippen LogP contribution in [0.25, 0.3) is 0 Å². The van der Waals surface area contributed by atoms with Crippen LogP contribution in [0, 0.1) is 5.41 Å². The van der Waals surface area contributed by atoms with Gasteiger partial charge in [-0.3, -0.25) is 4.79 Å². The summed E-state index contributed by atoms with van der Waals surface area (Å²) in [5.41, 5.74) is 1.52. The third kappa shape index (κ3) is 2.50. The van der Waals surface area contributed by atoms with Gasteiger partial charge in [-0.1, -0.05) is 6.07 Å². The standard InChI is InChI=1S/C14H18O3/c1-14(2,3)13(16)17-10-6-4-9-5-7-12(15)11(9)8-10/h4,6,8,12,15H,5,7H2,1-3H3. The lowest BCUT2D eigenvalue weighted by Gasteiger charge is -2.17. The number of ether oxygens (including phenoxy) is 1. The van der Waals surface area contributed by atoms with E-state index in [0.717, 1.165) is 24.0 Å². The predicted octanol–water partition coefficient (Wildman–Crippen LogP) is 2.62. The van der Waals surface area contributed by atoms with Crippen molar-refractivity contribution in [1.29, 1.82) is 0 Å². The van der Waals surface area contributed by atoms with Gasteiger partial charge < -0.3 is 9.84 Å². The summed E-state index contributed by atoms with van der Waals surface area (Å²) in [5.74, 6) is 0.259. The molecule has 0 aromatic heterocycles. The van der Waals surface area contributed by atoms with Crippen LogP contribution >= 0.6 is 0 Å². The SMILES string of the molecule is CC(C)(C)C(=O)Oc1ccc2c(c1)C(O)CC2. The third-order valence-electron chi connectivity index (χ3n) is 2.99. The summed E-state index contributed by atoms with van der Waals surface area (Å²) in [6.45, 7) is 5.45. The molecule has 0 spiro atoms. The van der Waals surface area contributed by atoms with E-state index in [9.17, 15) is 9.90 Å². The summed E-state index contributed by atoms with van der Waals surface area (Å²) in [6.07, 6.45) is 1.23. The molecule has 92 valence electrons. The fourth-order valence-corrected chi connectivity index (χ4v) is 1.88. The van der Waals surface area contributed by atoms with Crippen molar-refractivity contribution in [2.45, 2.75) is 39.7 Å². The Balaban J connectivity index is 2.19. The van der Waals surface area contributed by atoms with Gasteiger partial charge in [0.15, 0.2) is 0 Å². The van der Waals surface area contributed by atoms with Crippen molar-refractivity contribution in [3.8, 4) is 5.75 Å². The highest BCUT2D eigenvalue weighted by Crippen LogP contribution is 2.33. The molecular formula is C14H18O3. The number of aliphatic hydroxyl groups is 1. The van der Waals surface area contributed by atoms with Gasteiger partial charge in [0.1, 0.15) is 5.75 Å². The lowest BCUT2D eigenvalue weighted by Crippen LogP contribution is -2.25. The van der Waals surface area contributed by atoms with Crippen molar-refractivity contribution in [3.05, 3.63) is 29.3 Å².